The average molecular weight is 394 g/mol. The van der Waals surface area contributed by atoms with Gasteiger partial charge in [0, 0.05) is 30.0 Å². The zero-order valence-corrected chi connectivity index (χ0v) is 14.6. The molecule has 1 amide bonds. The topological polar surface area (TPSA) is 72.1 Å². The summed E-state index contributed by atoms with van der Waals surface area (Å²) in [5, 5.41) is 5.84. The molecule has 6 nitrogen and oxygen atoms in total. The van der Waals surface area contributed by atoms with Crippen LogP contribution in [-0.4, -0.2) is 39.0 Å². The summed E-state index contributed by atoms with van der Waals surface area (Å²) in [7, 11) is 0. The Morgan fingerprint density at radius 2 is 2.00 bits per heavy atom. The van der Waals surface area contributed by atoms with Crippen LogP contribution in [0.1, 0.15) is 34.5 Å². The van der Waals surface area contributed by atoms with Gasteiger partial charge in [-0.3, -0.25) is 4.79 Å². The van der Waals surface area contributed by atoms with E-state index in [1.807, 2.05) is 30.3 Å². The van der Waals surface area contributed by atoms with Crippen LogP contribution in [0.3, 0.4) is 0 Å². The third-order valence-corrected chi connectivity index (χ3v) is 5.16. The van der Waals surface area contributed by atoms with Gasteiger partial charge in [0.05, 0.1) is 0 Å². The van der Waals surface area contributed by atoms with E-state index in [4.69, 9.17) is 0 Å². The molecule has 0 radical (unpaired) electrons. The van der Waals surface area contributed by atoms with Gasteiger partial charge in [-0.05, 0) is 6.42 Å². The minimum atomic E-state index is -4.67. The first kappa shape index (κ1) is 17.7. The van der Waals surface area contributed by atoms with Crippen molar-refractivity contribution in [3.05, 3.63) is 53.1 Å². The van der Waals surface area contributed by atoms with Gasteiger partial charge in [0.2, 0.25) is 0 Å². The Kier molecular flexibility index (Phi) is 4.42. The molecule has 0 spiro atoms. The van der Waals surface area contributed by atoms with Crippen LogP contribution in [0.2, 0.25) is 0 Å². The normalized spacial score (nSPS) is 17.4. The van der Waals surface area contributed by atoms with Gasteiger partial charge in [-0.1, -0.05) is 35.5 Å². The first-order valence-electron chi connectivity index (χ1n) is 8.13. The lowest BCUT2D eigenvalue weighted by molar-refractivity contribution is -0.159. The van der Waals surface area contributed by atoms with Gasteiger partial charge in [0.1, 0.15) is 10.7 Å². The Labute approximate surface area is 155 Å². The lowest BCUT2D eigenvalue weighted by atomic mass is 10.1. The molecule has 1 unspecified atom stereocenters. The summed E-state index contributed by atoms with van der Waals surface area (Å²) in [6.07, 6.45) is -4.20. The highest BCUT2D eigenvalue weighted by Gasteiger charge is 2.40. The second-order valence-corrected chi connectivity index (χ2v) is 6.95. The molecule has 1 aliphatic heterocycles. The number of rotatable bonds is 3. The minimum Gasteiger partial charge on any atom is -0.337 e. The number of amides is 1. The second kappa shape index (κ2) is 6.76. The lowest BCUT2D eigenvalue weighted by Gasteiger charge is -2.14. The molecule has 0 bridgehead atoms. The van der Waals surface area contributed by atoms with Crippen molar-refractivity contribution in [3.63, 3.8) is 0 Å². The van der Waals surface area contributed by atoms with Crippen LogP contribution in [0.4, 0.5) is 13.2 Å². The highest BCUT2D eigenvalue weighted by molar-refractivity contribution is 7.13. The van der Waals surface area contributed by atoms with Gasteiger partial charge >= 0.3 is 12.1 Å². The quantitative estimate of drug-likeness (QED) is 0.675. The van der Waals surface area contributed by atoms with Crippen LogP contribution in [0.5, 0.6) is 0 Å². The fourth-order valence-electron chi connectivity index (χ4n) is 2.92. The Morgan fingerprint density at radius 3 is 2.70 bits per heavy atom. The smallest absolute Gasteiger partial charge is 0.337 e. The standard InChI is InChI=1S/C17H13F3N4O2S/c18-17(19,20)16-22-13(23-26-16)11-6-7-24(8-11)15(25)12-9-27-14(21-12)10-4-2-1-3-5-10/h1-5,9,11H,6-8H2. The van der Waals surface area contributed by atoms with Crippen LogP contribution < -0.4 is 0 Å². The second-order valence-electron chi connectivity index (χ2n) is 6.10. The van der Waals surface area contributed by atoms with Crippen LogP contribution >= 0.6 is 11.3 Å². The molecule has 3 heterocycles. The molecule has 0 saturated carbocycles. The summed E-state index contributed by atoms with van der Waals surface area (Å²) in [6, 6.07) is 9.50. The number of halogens is 3. The largest absolute Gasteiger partial charge is 0.471 e. The fourth-order valence-corrected chi connectivity index (χ4v) is 3.72. The first-order valence-corrected chi connectivity index (χ1v) is 9.01. The van der Waals surface area contributed by atoms with Gasteiger partial charge in [-0.15, -0.1) is 11.3 Å². The monoisotopic (exact) mass is 394 g/mol. The van der Waals surface area contributed by atoms with Gasteiger partial charge in [0.15, 0.2) is 5.82 Å². The number of hydrogen-bond donors (Lipinski definition) is 0. The van der Waals surface area contributed by atoms with Crippen molar-refractivity contribution in [3.8, 4) is 10.6 Å². The highest BCUT2D eigenvalue weighted by atomic mass is 32.1. The predicted octanol–water partition coefficient (Wildman–Crippen LogP) is 3.84. The molecule has 0 N–H and O–H groups in total. The van der Waals surface area contributed by atoms with Gasteiger partial charge in [0.25, 0.3) is 5.91 Å². The van der Waals surface area contributed by atoms with E-state index in [1.54, 1.807) is 10.3 Å². The molecule has 27 heavy (non-hydrogen) atoms. The number of carbonyl (C=O) groups is 1. The van der Waals surface area contributed by atoms with Crippen molar-refractivity contribution in [1.82, 2.24) is 20.0 Å². The third kappa shape index (κ3) is 3.57. The SMILES string of the molecule is O=C(c1csc(-c2ccccc2)n1)N1CCC(c2noc(C(F)(F)F)n2)C1. The fraction of sp³-hybridized carbons (Fsp3) is 0.294. The minimum absolute atomic E-state index is 0.0270. The predicted molar refractivity (Wildman–Crippen MR) is 90.1 cm³/mol. The summed E-state index contributed by atoms with van der Waals surface area (Å²) in [6.45, 7) is 0.630. The van der Waals surface area contributed by atoms with Crippen molar-refractivity contribution in [2.75, 3.05) is 13.1 Å². The molecule has 1 fully saturated rings. The van der Waals surface area contributed by atoms with E-state index in [0.717, 1.165) is 10.6 Å². The molecule has 140 valence electrons. The summed E-state index contributed by atoms with van der Waals surface area (Å²) >= 11 is 1.37. The first-order chi connectivity index (χ1) is 12.9. The maximum atomic E-state index is 12.7. The van der Waals surface area contributed by atoms with E-state index in [1.165, 1.54) is 11.3 Å². The molecule has 1 saturated heterocycles. The van der Waals surface area contributed by atoms with E-state index in [2.05, 4.69) is 19.6 Å². The Hall–Kier alpha value is -2.75. The lowest BCUT2D eigenvalue weighted by Crippen LogP contribution is -2.28. The summed E-state index contributed by atoms with van der Waals surface area (Å²) in [5.74, 6) is -2.04. The Balaban J connectivity index is 1.45. The summed E-state index contributed by atoms with van der Waals surface area (Å²) in [5.41, 5.74) is 1.25. The summed E-state index contributed by atoms with van der Waals surface area (Å²) in [4.78, 5) is 22.0. The van der Waals surface area contributed by atoms with E-state index in [9.17, 15) is 18.0 Å². The van der Waals surface area contributed by atoms with Crippen molar-refractivity contribution in [2.45, 2.75) is 18.5 Å². The van der Waals surface area contributed by atoms with Gasteiger partial charge in [-0.2, -0.15) is 18.2 Å². The van der Waals surface area contributed by atoms with E-state index in [0.29, 0.717) is 18.7 Å². The molecule has 3 aromatic rings. The molecule has 4 rings (SSSR count). The number of carbonyl (C=O) groups excluding carboxylic acids is 1. The molecule has 0 aliphatic carbocycles. The number of thiazole rings is 1. The van der Waals surface area contributed by atoms with Crippen molar-refractivity contribution in [2.24, 2.45) is 0 Å². The van der Waals surface area contributed by atoms with E-state index in [-0.39, 0.29) is 24.2 Å². The molecular formula is C17H13F3N4O2S. The molecule has 1 atom stereocenters. The molecule has 2 aromatic heterocycles. The number of aromatic nitrogens is 3. The van der Waals surface area contributed by atoms with E-state index < -0.39 is 12.1 Å². The van der Waals surface area contributed by atoms with Crippen molar-refractivity contribution < 1.29 is 22.5 Å². The average Bonchev–Trinajstić information content (AvgIpc) is 3.40. The maximum Gasteiger partial charge on any atom is 0.471 e. The molecule has 1 aliphatic rings. The van der Waals surface area contributed by atoms with Crippen molar-refractivity contribution >= 4 is 17.2 Å². The number of benzene rings is 1. The molecule has 1 aromatic carbocycles. The number of likely N-dealkylation sites (tertiary alicyclic amines) is 1. The number of hydrogen-bond acceptors (Lipinski definition) is 6. The maximum absolute atomic E-state index is 12.7. The molecule has 10 heteroatoms. The Bertz CT molecular complexity index is 955. The summed E-state index contributed by atoms with van der Waals surface area (Å²) < 4.78 is 42.0. The van der Waals surface area contributed by atoms with Crippen LogP contribution in [0.15, 0.2) is 40.2 Å². The molecular weight excluding hydrogens is 381 g/mol. The zero-order chi connectivity index (χ0) is 19.0. The number of alkyl halides is 3. The highest BCUT2D eigenvalue weighted by Crippen LogP contribution is 2.32. The van der Waals surface area contributed by atoms with Gasteiger partial charge in [-0.25, -0.2) is 4.98 Å². The number of nitrogens with zero attached hydrogens (tertiary/aromatic N) is 4. The van der Waals surface area contributed by atoms with Crippen LogP contribution in [-0.2, 0) is 6.18 Å². The van der Waals surface area contributed by atoms with Gasteiger partial charge < -0.3 is 9.42 Å². The van der Waals surface area contributed by atoms with Crippen LogP contribution in [0, 0.1) is 0 Å². The van der Waals surface area contributed by atoms with Crippen molar-refractivity contribution in [1.29, 1.82) is 0 Å². The third-order valence-electron chi connectivity index (χ3n) is 4.27. The van der Waals surface area contributed by atoms with Crippen LogP contribution in [0.25, 0.3) is 10.6 Å². The Morgan fingerprint density at radius 1 is 1.22 bits per heavy atom. The zero-order valence-electron chi connectivity index (χ0n) is 13.8. The van der Waals surface area contributed by atoms with E-state index >= 15 is 0 Å².